The molecule has 0 bridgehead atoms. The highest BCUT2D eigenvalue weighted by Gasteiger charge is 2.28. The number of aliphatic hydroxyl groups is 1. The summed E-state index contributed by atoms with van der Waals surface area (Å²) in [4.78, 5) is 18.7. The number of hydrogen-bond acceptors (Lipinski definition) is 5. The van der Waals surface area contributed by atoms with Crippen molar-refractivity contribution >= 4 is 18.1 Å². The zero-order valence-corrected chi connectivity index (χ0v) is 10.6. The van der Waals surface area contributed by atoms with Crippen molar-refractivity contribution in [2.24, 2.45) is 10.7 Å². The van der Waals surface area contributed by atoms with Crippen molar-refractivity contribution in [3.05, 3.63) is 12.0 Å². The van der Waals surface area contributed by atoms with Crippen LogP contribution in [0.3, 0.4) is 0 Å². The molecular weight excluding hydrogens is 250 g/mol. The summed E-state index contributed by atoms with van der Waals surface area (Å²) < 4.78 is 7.34. The van der Waals surface area contributed by atoms with E-state index in [2.05, 4.69) is 15.3 Å². The van der Waals surface area contributed by atoms with Crippen LogP contribution in [-0.4, -0.2) is 46.7 Å². The number of nitrogens with two attached hydrogens (primary N) is 1. The molecule has 0 spiro atoms. The van der Waals surface area contributed by atoms with Crippen LogP contribution in [-0.2, 0) is 4.74 Å². The fourth-order valence-electron chi connectivity index (χ4n) is 2.01. The number of anilines is 1. The van der Waals surface area contributed by atoms with E-state index in [1.165, 1.54) is 13.4 Å². The highest BCUT2D eigenvalue weighted by Crippen LogP contribution is 2.31. The van der Waals surface area contributed by atoms with Gasteiger partial charge in [-0.3, -0.25) is 14.4 Å². The standard InChI is InChI=1S/C11H17N5O3/c1-13-11(12)15-10-8(5-18)14-6-16(10)9-3-2-7(4-17)19-9/h5-7,9,17H,2-4H2,1H3,(H3,12,13,15). The maximum atomic E-state index is 11.0. The van der Waals surface area contributed by atoms with Crippen molar-refractivity contribution in [2.45, 2.75) is 25.2 Å². The highest BCUT2D eigenvalue weighted by atomic mass is 16.5. The third kappa shape index (κ3) is 2.74. The molecule has 2 heterocycles. The summed E-state index contributed by atoms with van der Waals surface area (Å²) in [5.41, 5.74) is 5.85. The average Bonchev–Trinajstić information content (AvgIpc) is 3.04. The molecule has 19 heavy (non-hydrogen) atoms. The first-order valence-corrected chi connectivity index (χ1v) is 5.97. The van der Waals surface area contributed by atoms with Gasteiger partial charge in [0.25, 0.3) is 0 Å². The number of nitrogens with zero attached hydrogens (tertiary/aromatic N) is 3. The van der Waals surface area contributed by atoms with Gasteiger partial charge in [0.05, 0.1) is 19.0 Å². The number of ether oxygens (including phenoxy) is 1. The lowest BCUT2D eigenvalue weighted by atomic mass is 10.2. The van der Waals surface area contributed by atoms with Crippen molar-refractivity contribution in [1.82, 2.24) is 9.55 Å². The second-order valence-electron chi connectivity index (χ2n) is 4.21. The van der Waals surface area contributed by atoms with Gasteiger partial charge < -0.3 is 20.9 Å². The fraction of sp³-hybridized carbons (Fsp3) is 0.545. The van der Waals surface area contributed by atoms with Gasteiger partial charge in [-0.25, -0.2) is 4.98 Å². The van der Waals surface area contributed by atoms with E-state index in [4.69, 9.17) is 15.6 Å². The van der Waals surface area contributed by atoms with Crippen molar-refractivity contribution < 1.29 is 14.6 Å². The first kappa shape index (κ1) is 13.5. The molecule has 1 saturated heterocycles. The Bertz CT molecular complexity index is 485. The lowest BCUT2D eigenvalue weighted by Crippen LogP contribution is -2.25. The van der Waals surface area contributed by atoms with Crippen LogP contribution >= 0.6 is 0 Å². The van der Waals surface area contributed by atoms with Gasteiger partial charge in [0.1, 0.15) is 17.7 Å². The van der Waals surface area contributed by atoms with Gasteiger partial charge in [0, 0.05) is 7.05 Å². The Morgan fingerprint density at radius 2 is 2.58 bits per heavy atom. The molecule has 2 atom stereocenters. The monoisotopic (exact) mass is 267 g/mol. The maximum Gasteiger partial charge on any atom is 0.194 e. The van der Waals surface area contributed by atoms with E-state index >= 15 is 0 Å². The predicted molar refractivity (Wildman–Crippen MR) is 69.0 cm³/mol. The number of nitrogens with one attached hydrogen (secondary N) is 1. The summed E-state index contributed by atoms with van der Waals surface area (Å²) in [5.74, 6) is 0.628. The van der Waals surface area contributed by atoms with Crippen LogP contribution in [0, 0.1) is 0 Å². The summed E-state index contributed by atoms with van der Waals surface area (Å²) in [6.45, 7) is -0.0208. The number of aliphatic imine (C=N–C) groups is 1. The number of imidazole rings is 1. The summed E-state index contributed by atoms with van der Waals surface area (Å²) >= 11 is 0. The van der Waals surface area contributed by atoms with Gasteiger partial charge in [-0.15, -0.1) is 0 Å². The van der Waals surface area contributed by atoms with E-state index in [-0.39, 0.29) is 30.6 Å². The Balaban J connectivity index is 2.25. The third-order valence-corrected chi connectivity index (χ3v) is 3.02. The minimum Gasteiger partial charge on any atom is -0.394 e. The van der Waals surface area contributed by atoms with Gasteiger partial charge in [-0.2, -0.15) is 0 Å². The average molecular weight is 267 g/mol. The van der Waals surface area contributed by atoms with Gasteiger partial charge in [-0.05, 0) is 12.8 Å². The van der Waals surface area contributed by atoms with Crippen LogP contribution in [0.2, 0.25) is 0 Å². The molecule has 0 aliphatic carbocycles. The fourth-order valence-corrected chi connectivity index (χ4v) is 2.01. The first-order valence-electron chi connectivity index (χ1n) is 5.97. The van der Waals surface area contributed by atoms with E-state index in [9.17, 15) is 4.79 Å². The largest absolute Gasteiger partial charge is 0.394 e. The van der Waals surface area contributed by atoms with Crippen molar-refractivity contribution in [2.75, 3.05) is 19.0 Å². The molecule has 8 heteroatoms. The zero-order valence-electron chi connectivity index (χ0n) is 10.6. The minimum absolute atomic E-state index is 0.0208. The molecule has 1 aromatic rings. The van der Waals surface area contributed by atoms with E-state index in [0.717, 1.165) is 12.8 Å². The molecule has 8 nitrogen and oxygen atoms in total. The predicted octanol–water partition coefficient (Wildman–Crippen LogP) is -0.278. The van der Waals surface area contributed by atoms with Crippen LogP contribution in [0.5, 0.6) is 0 Å². The quantitative estimate of drug-likeness (QED) is 0.393. The number of carbonyl (C=O) groups excluding carboxylic acids is 1. The molecule has 1 aliphatic heterocycles. The highest BCUT2D eigenvalue weighted by molar-refractivity contribution is 5.95. The molecule has 2 unspecified atom stereocenters. The number of guanidine groups is 1. The molecule has 2 rings (SSSR count). The topological polar surface area (TPSA) is 115 Å². The Kier molecular flexibility index (Phi) is 4.13. The number of aliphatic hydroxyl groups excluding tert-OH is 1. The molecule has 0 aromatic carbocycles. The molecule has 1 aliphatic rings. The minimum atomic E-state index is -0.273. The second kappa shape index (κ2) is 5.81. The molecule has 1 aromatic heterocycles. The lowest BCUT2D eigenvalue weighted by Gasteiger charge is -2.17. The third-order valence-electron chi connectivity index (χ3n) is 3.02. The van der Waals surface area contributed by atoms with Crippen LogP contribution in [0.1, 0.15) is 29.6 Å². The summed E-state index contributed by atoms with van der Waals surface area (Å²) in [7, 11) is 1.54. The number of aldehydes is 1. The van der Waals surface area contributed by atoms with Gasteiger partial charge in [0.2, 0.25) is 0 Å². The molecule has 0 amide bonds. The Labute approximate surface area is 110 Å². The maximum absolute atomic E-state index is 11.0. The zero-order chi connectivity index (χ0) is 13.8. The van der Waals surface area contributed by atoms with Gasteiger partial charge in [0.15, 0.2) is 12.2 Å². The van der Waals surface area contributed by atoms with Crippen molar-refractivity contribution in [3.8, 4) is 0 Å². The first-order chi connectivity index (χ1) is 9.19. The van der Waals surface area contributed by atoms with Crippen LogP contribution < -0.4 is 11.1 Å². The number of hydrogen-bond donors (Lipinski definition) is 3. The van der Waals surface area contributed by atoms with Gasteiger partial charge in [-0.1, -0.05) is 0 Å². The van der Waals surface area contributed by atoms with Crippen LogP contribution in [0.15, 0.2) is 11.3 Å². The molecule has 0 radical (unpaired) electrons. The van der Waals surface area contributed by atoms with Gasteiger partial charge >= 0.3 is 0 Å². The Morgan fingerprint density at radius 3 is 3.16 bits per heavy atom. The molecular formula is C11H17N5O3. The normalized spacial score (nSPS) is 23.6. The number of aromatic nitrogens is 2. The molecule has 4 N–H and O–H groups in total. The summed E-state index contributed by atoms with van der Waals surface area (Å²) in [5, 5.41) is 11.9. The van der Waals surface area contributed by atoms with E-state index < -0.39 is 0 Å². The Hall–Kier alpha value is -1.93. The van der Waals surface area contributed by atoms with Crippen molar-refractivity contribution in [3.63, 3.8) is 0 Å². The SMILES string of the molecule is CN=C(N)Nc1c(C=O)ncn1C1CCC(CO)O1. The number of carbonyl (C=O) groups is 1. The lowest BCUT2D eigenvalue weighted by molar-refractivity contribution is -0.0214. The molecule has 0 saturated carbocycles. The van der Waals surface area contributed by atoms with E-state index in [0.29, 0.717) is 12.1 Å². The van der Waals surface area contributed by atoms with Crippen LogP contribution in [0.25, 0.3) is 0 Å². The van der Waals surface area contributed by atoms with Crippen molar-refractivity contribution in [1.29, 1.82) is 0 Å². The van der Waals surface area contributed by atoms with E-state index in [1.54, 1.807) is 4.57 Å². The van der Waals surface area contributed by atoms with Crippen LogP contribution in [0.4, 0.5) is 5.82 Å². The molecule has 104 valence electrons. The summed E-state index contributed by atoms with van der Waals surface area (Å²) in [6, 6.07) is 0. The smallest absolute Gasteiger partial charge is 0.194 e. The number of rotatable bonds is 4. The van der Waals surface area contributed by atoms with E-state index in [1.807, 2.05) is 0 Å². The second-order valence-corrected chi connectivity index (χ2v) is 4.21. The molecule has 1 fully saturated rings. The summed E-state index contributed by atoms with van der Waals surface area (Å²) in [6.07, 6.45) is 3.19. The Morgan fingerprint density at radius 1 is 1.79 bits per heavy atom.